The number of carbonyl (C=O) groups is 1. The predicted octanol–water partition coefficient (Wildman–Crippen LogP) is 5.56. The number of phenols is 1. The van der Waals surface area contributed by atoms with Crippen molar-refractivity contribution in [3.63, 3.8) is 0 Å². The number of aromatic hydroxyl groups is 1. The van der Waals surface area contributed by atoms with Gasteiger partial charge >= 0.3 is 0 Å². The topological polar surface area (TPSA) is 79.5 Å². The van der Waals surface area contributed by atoms with Crippen molar-refractivity contribution in [1.29, 1.82) is 0 Å². The second kappa shape index (κ2) is 10.3. The summed E-state index contributed by atoms with van der Waals surface area (Å²) in [6.07, 6.45) is 1.40. The summed E-state index contributed by atoms with van der Waals surface area (Å²) in [5.41, 5.74) is 6.05. The standard InChI is InChI=1S/C23H18Br2N4O2S/c24-17-10-16(22(31)18(25)11-17)12-26-28-21(30)14-32-23-27-19-8-4-5-9-20(19)29(23)13-15-6-2-1-3-7-15/h1-12,31H,13-14H2,(H,28,30). The fraction of sp³-hybridized carbons (Fsp3) is 0.0870. The lowest BCUT2D eigenvalue weighted by Gasteiger charge is -2.09. The van der Waals surface area contributed by atoms with E-state index in [2.05, 4.69) is 59.1 Å². The Morgan fingerprint density at radius 1 is 1.12 bits per heavy atom. The van der Waals surface area contributed by atoms with Gasteiger partial charge in [0, 0.05) is 10.0 Å². The Bertz CT molecular complexity index is 1290. The van der Waals surface area contributed by atoms with Gasteiger partial charge in [-0.05, 0) is 45.8 Å². The van der Waals surface area contributed by atoms with Crippen LogP contribution in [0.5, 0.6) is 5.75 Å². The van der Waals surface area contributed by atoms with Crippen LogP contribution in [0.15, 0.2) is 85.9 Å². The number of fused-ring (bicyclic) bond motifs is 1. The summed E-state index contributed by atoms with van der Waals surface area (Å²) in [5, 5.41) is 14.8. The van der Waals surface area contributed by atoms with E-state index in [0.717, 1.165) is 26.2 Å². The molecule has 3 aromatic carbocycles. The molecule has 0 radical (unpaired) electrons. The van der Waals surface area contributed by atoms with Gasteiger partial charge in [0.25, 0.3) is 5.91 Å². The first kappa shape index (κ1) is 22.6. The Morgan fingerprint density at radius 3 is 2.69 bits per heavy atom. The highest BCUT2D eigenvalue weighted by atomic mass is 79.9. The van der Waals surface area contributed by atoms with E-state index in [4.69, 9.17) is 4.98 Å². The van der Waals surface area contributed by atoms with Crippen LogP contribution in [0.1, 0.15) is 11.1 Å². The van der Waals surface area contributed by atoms with E-state index in [1.54, 1.807) is 12.1 Å². The molecule has 1 amide bonds. The summed E-state index contributed by atoms with van der Waals surface area (Å²) in [6.45, 7) is 0.667. The van der Waals surface area contributed by atoms with E-state index in [0.29, 0.717) is 16.6 Å². The molecule has 0 bridgehead atoms. The van der Waals surface area contributed by atoms with E-state index in [9.17, 15) is 9.90 Å². The quantitative estimate of drug-likeness (QED) is 0.172. The maximum Gasteiger partial charge on any atom is 0.250 e. The fourth-order valence-corrected chi connectivity index (χ4v) is 5.17. The third kappa shape index (κ3) is 5.40. The van der Waals surface area contributed by atoms with E-state index in [1.165, 1.54) is 18.0 Å². The van der Waals surface area contributed by atoms with Crippen LogP contribution >= 0.6 is 43.6 Å². The summed E-state index contributed by atoms with van der Waals surface area (Å²) in [4.78, 5) is 17.1. The lowest BCUT2D eigenvalue weighted by atomic mass is 10.2. The fourth-order valence-electron chi connectivity index (χ4n) is 3.10. The number of carbonyl (C=O) groups excluding carboxylic acids is 1. The maximum absolute atomic E-state index is 12.3. The van der Waals surface area contributed by atoms with Crippen LogP contribution in [-0.4, -0.2) is 32.5 Å². The summed E-state index contributed by atoms with van der Waals surface area (Å²) in [6, 6.07) is 21.5. The maximum atomic E-state index is 12.3. The van der Waals surface area contributed by atoms with Gasteiger partial charge in [-0.3, -0.25) is 4.79 Å². The SMILES string of the molecule is O=C(CSc1nc2ccccc2n1Cc1ccccc1)NN=Cc1cc(Br)cc(Br)c1O. The van der Waals surface area contributed by atoms with Gasteiger partial charge in [0.1, 0.15) is 5.75 Å². The molecular weight excluding hydrogens is 556 g/mol. The first-order valence-electron chi connectivity index (χ1n) is 9.63. The number of nitrogens with zero attached hydrogens (tertiary/aromatic N) is 3. The average molecular weight is 574 g/mol. The number of phenolic OH excluding ortho intramolecular Hbond substituents is 1. The summed E-state index contributed by atoms with van der Waals surface area (Å²) in [5.74, 6) is -0.0582. The number of aromatic nitrogens is 2. The molecule has 0 saturated heterocycles. The number of amides is 1. The molecule has 0 aliphatic rings. The minimum absolute atomic E-state index is 0.0511. The molecule has 0 spiro atoms. The highest BCUT2D eigenvalue weighted by molar-refractivity contribution is 9.11. The normalized spacial score (nSPS) is 11.3. The Balaban J connectivity index is 1.45. The molecule has 1 aromatic heterocycles. The minimum Gasteiger partial charge on any atom is -0.506 e. The second-order valence-corrected chi connectivity index (χ2v) is 9.57. The van der Waals surface area contributed by atoms with Gasteiger partial charge in [-0.1, -0.05) is 70.2 Å². The van der Waals surface area contributed by atoms with Crippen LogP contribution in [0.4, 0.5) is 0 Å². The zero-order chi connectivity index (χ0) is 22.5. The molecule has 9 heteroatoms. The number of rotatable bonds is 7. The number of hydrogen-bond acceptors (Lipinski definition) is 5. The Morgan fingerprint density at radius 2 is 1.88 bits per heavy atom. The molecule has 0 atom stereocenters. The third-order valence-corrected chi connectivity index (χ3v) is 6.62. The Kier molecular flexibility index (Phi) is 7.29. The lowest BCUT2D eigenvalue weighted by Crippen LogP contribution is -2.20. The molecule has 0 aliphatic heterocycles. The van der Waals surface area contributed by atoms with Crippen molar-refractivity contribution in [3.8, 4) is 5.75 Å². The molecule has 1 heterocycles. The van der Waals surface area contributed by atoms with Crippen molar-refractivity contribution < 1.29 is 9.90 Å². The molecule has 4 rings (SSSR count). The number of hydrogen-bond donors (Lipinski definition) is 2. The predicted molar refractivity (Wildman–Crippen MR) is 135 cm³/mol. The van der Waals surface area contributed by atoms with Crippen molar-refractivity contribution in [2.75, 3.05) is 5.75 Å². The molecule has 0 aliphatic carbocycles. The largest absolute Gasteiger partial charge is 0.506 e. The molecule has 32 heavy (non-hydrogen) atoms. The Hall–Kier alpha value is -2.62. The third-order valence-electron chi connectivity index (χ3n) is 4.59. The second-order valence-electron chi connectivity index (χ2n) is 6.86. The van der Waals surface area contributed by atoms with Gasteiger partial charge in [0.2, 0.25) is 0 Å². The average Bonchev–Trinajstić information content (AvgIpc) is 3.13. The van der Waals surface area contributed by atoms with E-state index < -0.39 is 0 Å². The summed E-state index contributed by atoms with van der Waals surface area (Å²) in [7, 11) is 0. The molecule has 4 aromatic rings. The molecule has 0 saturated carbocycles. The van der Waals surface area contributed by atoms with Gasteiger partial charge in [-0.2, -0.15) is 5.10 Å². The number of para-hydroxylation sites is 2. The van der Waals surface area contributed by atoms with Gasteiger partial charge in [0.15, 0.2) is 5.16 Å². The molecule has 162 valence electrons. The van der Waals surface area contributed by atoms with Crippen molar-refractivity contribution in [3.05, 3.63) is 86.8 Å². The zero-order valence-corrected chi connectivity index (χ0v) is 20.7. The van der Waals surface area contributed by atoms with Crippen LogP contribution in [0, 0.1) is 0 Å². The lowest BCUT2D eigenvalue weighted by molar-refractivity contribution is -0.118. The molecule has 2 N–H and O–H groups in total. The van der Waals surface area contributed by atoms with Crippen LogP contribution < -0.4 is 5.43 Å². The smallest absolute Gasteiger partial charge is 0.250 e. The first-order valence-corrected chi connectivity index (χ1v) is 12.2. The minimum atomic E-state index is -0.266. The van der Waals surface area contributed by atoms with Crippen molar-refractivity contribution in [2.24, 2.45) is 5.10 Å². The van der Waals surface area contributed by atoms with Gasteiger partial charge in [0.05, 0.1) is 34.0 Å². The van der Waals surface area contributed by atoms with Gasteiger partial charge < -0.3 is 9.67 Å². The van der Waals surface area contributed by atoms with E-state index in [-0.39, 0.29) is 17.4 Å². The van der Waals surface area contributed by atoms with E-state index in [1.807, 2.05) is 42.5 Å². The number of imidazole rings is 1. The number of hydrazone groups is 1. The van der Waals surface area contributed by atoms with Crippen molar-refractivity contribution in [1.82, 2.24) is 15.0 Å². The molecular formula is C23H18Br2N4O2S. The zero-order valence-electron chi connectivity index (χ0n) is 16.7. The number of benzene rings is 3. The molecule has 0 fully saturated rings. The number of nitrogens with one attached hydrogen (secondary N) is 1. The summed E-state index contributed by atoms with van der Waals surface area (Å²) >= 11 is 7.99. The van der Waals surface area contributed by atoms with Crippen LogP contribution in [0.25, 0.3) is 11.0 Å². The van der Waals surface area contributed by atoms with Crippen LogP contribution in [-0.2, 0) is 11.3 Å². The monoisotopic (exact) mass is 572 g/mol. The van der Waals surface area contributed by atoms with Crippen LogP contribution in [0.2, 0.25) is 0 Å². The Labute approximate surface area is 206 Å². The van der Waals surface area contributed by atoms with E-state index >= 15 is 0 Å². The molecule has 6 nitrogen and oxygen atoms in total. The van der Waals surface area contributed by atoms with Crippen LogP contribution in [0.3, 0.4) is 0 Å². The van der Waals surface area contributed by atoms with Crippen molar-refractivity contribution in [2.45, 2.75) is 11.7 Å². The number of thioether (sulfide) groups is 1. The van der Waals surface area contributed by atoms with Gasteiger partial charge in [-0.15, -0.1) is 0 Å². The highest BCUT2D eigenvalue weighted by Crippen LogP contribution is 2.30. The van der Waals surface area contributed by atoms with Crippen molar-refractivity contribution >= 4 is 66.8 Å². The summed E-state index contributed by atoms with van der Waals surface area (Å²) < 4.78 is 3.43. The number of halogens is 2. The first-order chi connectivity index (χ1) is 15.5. The van der Waals surface area contributed by atoms with Gasteiger partial charge in [-0.25, -0.2) is 10.4 Å². The molecule has 0 unspecified atom stereocenters. The highest BCUT2D eigenvalue weighted by Gasteiger charge is 2.13.